The summed E-state index contributed by atoms with van der Waals surface area (Å²) in [7, 11) is 0. The zero-order chi connectivity index (χ0) is 18.5. The zero-order valence-electron chi connectivity index (χ0n) is 14.4. The summed E-state index contributed by atoms with van der Waals surface area (Å²) in [6, 6.07) is 4.79. The molecule has 2 aromatic heterocycles. The fraction of sp³-hybridized carbons (Fsp3) is 0.333. The van der Waals surface area contributed by atoms with Crippen LogP contribution < -0.4 is 10.6 Å². The van der Waals surface area contributed by atoms with Crippen LogP contribution in [-0.2, 0) is 4.79 Å². The van der Waals surface area contributed by atoms with Crippen molar-refractivity contribution in [3.8, 4) is 0 Å². The van der Waals surface area contributed by atoms with Crippen LogP contribution in [-0.4, -0.2) is 40.7 Å². The number of piperidine rings is 1. The third-order valence-electron chi connectivity index (χ3n) is 4.09. The van der Waals surface area contributed by atoms with Gasteiger partial charge in [0.1, 0.15) is 10.8 Å². The molecule has 0 unspecified atom stereocenters. The molecule has 0 atom stereocenters. The molecular weight excluding hydrogens is 352 g/mol. The normalized spacial score (nSPS) is 14.0. The lowest BCUT2D eigenvalue weighted by Gasteiger charge is -2.26. The Bertz CT molecular complexity index is 827. The first-order chi connectivity index (χ1) is 12.5. The van der Waals surface area contributed by atoms with Crippen LogP contribution in [0, 0.1) is 0 Å². The van der Waals surface area contributed by atoms with Gasteiger partial charge in [-0.1, -0.05) is 0 Å². The molecule has 8 heteroatoms. The topological polar surface area (TPSA) is 91.4 Å². The smallest absolute Gasteiger partial charge is 0.256 e. The number of anilines is 2. The Hall–Kier alpha value is -2.74. The van der Waals surface area contributed by atoms with Crippen molar-refractivity contribution in [2.24, 2.45) is 0 Å². The van der Waals surface area contributed by atoms with Crippen LogP contribution in [0.2, 0.25) is 0 Å². The summed E-state index contributed by atoms with van der Waals surface area (Å²) in [5.41, 5.74) is 0.870. The summed E-state index contributed by atoms with van der Waals surface area (Å²) >= 11 is 1.31. The highest BCUT2D eigenvalue weighted by Gasteiger charge is 2.22. The van der Waals surface area contributed by atoms with Gasteiger partial charge in [-0.15, -0.1) is 11.3 Å². The van der Waals surface area contributed by atoms with Gasteiger partial charge >= 0.3 is 0 Å². The van der Waals surface area contributed by atoms with E-state index in [0.29, 0.717) is 21.9 Å². The van der Waals surface area contributed by atoms with Crippen LogP contribution in [0.15, 0.2) is 29.8 Å². The van der Waals surface area contributed by atoms with Gasteiger partial charge in [0, 0.05) is 31.8 Å². The number of carbonyl (C=O) groups excluding carboxylic acids is 3. The molecule has 0 saturated carbocycles. The number of hydrogen-bond acceptors (Lipinski definition) is 5. The fourth-order valence-electron chi connectivity index (χ4n) is 2.84. The quantitative estimate of drug-likeness (QED) is 0.863. The fourth-order valence-corrected chi connectivity index (χ4v) is 3.61. The minimum absolute atomic E-state index is 0.0464. The van der Waals surface area contributed by atoms with Crippen LogP contribution in [0.3, 0.4) is 0 Å². The highest BCUT2D eigenvalue weighted by molar-refractivity contribution is 7.14. The minimum atomic E-state index is -0.353. The number of amides is 3. The molecule has 26 heavy (non-hydrogen) atoms. The lowest BCUT2D eigenvalue weighted by molar-refractivity contribution is -0.114. The lowest BCUT2D eigenvalue weighted by atomic mass is 10.1. The molecule has 2 aromatic rings. The Morgan fingerprint density at radius 1 is 1.12 bits per heavy atom. The average Bonchev–Trinajstić information content (AvgIpc) is 3.09. The second-order valence-corrected chi connectivity index (χ2v) is 7.00. The van der Waals surface area contributed by atoms with Gasteiger partial charge in [-0.25, -0.2) is 4.98 Å². The van der Waals surface area contributed by atoms with Gasteiger partial charge in [-0.05, 0) is 42.8 Å². The van der Waals surface area contributed by atoms with Gasteiger partial charge in [-0.3, -0.25) is 14.4 Å². The maximum atomic E-state index is 12.7. The third kappa shape index (κ3) is 4.26. The molecule has 3 amide bonds. The van der Waals surface area contributed by atoms with E-state index in [1.54, 1.807) is 17.5 Å². The van der Waals surface area contributed by atoms with Crippen LogP contribution in [0.1, 0.15) is 46.9 Å². The number of pyridine rings is 1. The summed E-state index contributed by atoms with van der Waals surface area (Å²) in [5.74, 6) is -0.354. The Balaban J connectivity index is 1.73. The molecular formula is C18H20N4O3S. The summed E-state index contributed by atoms with van der Waals surface area (Å²) in [4.78, 5) is 42.2. The highest BCUT2D eigenvalue weighted by atomic mass is 32.1. The maximum Gasteiger partial charge on any atom is 0.256 e. The van der Waals surface area contributed by atoms with E-state index in [2.05, 4.69) is 15.6 Å². The third-order valence-corrected chi connectivity index (χ3v) is 4.92. The van der Waals surface area contributed by atoms with E-state index >= 15 is 0 Å². The second kappa shape index (κ2) is 8.09. The van der Waals surface area contributed by atoms with Crippen LogP contribution in [0.25, 0.3) is 0 Å². The van der Waals surface area contributed by atoms with Gasteiger partial charge in [0.05, 0.1) is 5.56 Å². The lowest BCUT2D eigenvalue weighted by Crippen LogP contribution is -2.35. The van der Waals surface area contributed by atoms with E-state index in [4.69, 9.17) is 0 Å². The first-order valence-corrected chi connectivity index (χ1v) is 9.34. The molecule has 3 heterocycles. The molecule has 2 N–H and O–H groups in total. The van der Waals surface area contributed by atoms with Crippen molar-refractivity contribution in [3.63, 3.8) is 0 Å². The molecule has 0 aliphatic carbocycles. The molecule has 0 radical (unpaired) electrons. The molecule has 1 aliphatic heterocycles. The van der Waals surface area contributed by atoms with Crippen molar-refractivity contribution in [3.05, 3.63) is 40.9 Å². The largest absolute Gasteiger partial charge is 0.339 e. The van der Waals surface area contributed by atoms with Gasteiger partial charge < -0.3 is 15.5 Å². The predicted molar refractivity (Wildman–Crippen MR) is 101 cm³/mol. The average molecular weight is 372 g/mol. The number of carbonyl (C=O) groups is 3. The molecule has 1 aliphatic rings. The van der Waals surface area contributed by atoms with Gasteiger partial charge in [0.15, 0.2) is 0 Å². The second-order valence-electron chi connectivity index (χ2n) is 6.08. The number of likely N-dealkylation sites (tertiary alicyclic amines) is 1. The molecule has 0 bridgehead atoms. The monoisotopic (exact) mass is 372 g/mol. The zero-order valence-corrected chi connectivity index (χ0v) is 15.3. The Kier molecular flexibility index (Phi) is 5.62. The Morgan fingerprint density at radius 3 is 2.62 bits per heavy atom. The predicted octanol–water partition coefficient (Wildman–Crippen LogP) is 2.98. The number of hydrogen-bond donors (Lipinski definition) is 2. The van der Waals surface area contributed by atoms with Gasteiger partial charge in [0.25, 0.3) is 11.8 Å². The molecule has 0 spiro atoms. The number of nitrogens with one attached hydrogen (secondary N) is 2. The standard InChI is InChI=1S/C18H20N4O3S/c1-12(23)20-15-11-13(5-7-19-15)16(24)21-17-14(6-10-26-17)18(25)22-8-3-2-4-9-22/h5-7,10-11H,2-4,8-9H2,1H3,(H,21,24)(H,19,20,23). The van der Waals surface area contributed by atoms with Crippen molar-refractivity contribution < 1.29 is 14.4 Å². The van der Waals surface area contributed by atoms with Crippen molar-refractivity contribution >= 4 is 39.9 Å². The van der Waals surface area contributed by atoms with Gasteiger partial charge in [0.2, 0.25) is 5.91 Å². The number of aromatic nitrogens is 1. The van der Waals surface area contributed by atoms with E-state index in [9.17, 15) is 14.4 Å². The molecule has 7 nitrogen and oxygen atoms in total. The van der Waals surface area contributed by atoms with Crippen molar-refractivity contribution in [2.45, 2.75) is 26.2 Å². The summed E-state index contributed by atoms with van der Waals surface area (Å²) in [6.45, 7) is 2.89. The van der Waals surface area contributed by atoms with E-state index in [1.807, 2.05) is 4.90 Å². The van der Waals surface area contributed by atoms with E-state index in [-0.39, 0.29) is 17.7 Å². The van der Waals surface area contributed by atoms with Crippen molar-refractivity contribution in [1.82, 2.24) is 9.88 Å². The van der Waals surface area contributed by atoms with Crippen LogP contribution >= 0.6 is 11.3 Å². The Morgan fingerprint density at radius 2 is 1.88 bits per heavy atom. The molecule has 0 aromatic carbocycles. The van der Waals surface area contributed by atoms with E-state index in [0.717, 1.165) is 32.4 Å². The first-order valence-electron chi connectivity index (χ1n) is 8.46. The van der Waals surface area contributed by atoms with Crippen LogP contribution in [0.4, 0.5) is 10.8 Å². The number of nitrogens with zero attached hydrogens (tertiary/aromatic N) is 2. The first kappa shape index (κ1) is 18.1. The summed E-state index contributed by atoms with van der Waals surface area (Å²) in [6.07, 6.45) is 4.63. The molecule has 1 saturated heterocycles. The Labute approximate surface area is 155 Å². The molecule has 1 fully saturated rings. The number of rotatable bonds is 4. The minimum Gasteiger partial charge on any atom is -0.339 e. The number of thiophene rings is 1. The maximum absolute atomic E-state index is 12.7. The highest BCUT2D eigenvalue weighted by Crippen LogP contribution is 2.26. The van der Waals surface area contributed by atoms with E-state index in [1.165, 1.54) is 30.5 Å². The summed E-state index contributed by atoms with van der Waals surface area (Å²) < 4.78 is 0. The molecule has 136 valence electrons. The van der Waals surface area contributed by atoms with Gasteiger partial charge in [-0.2, -0.15) is 0 Å². The van der Waals surface area contributed by atoms with Crippen molar-refractivity contribution in [2.75, 3.05) is 23.7 Å². The van der Waals surface area contributed by atoms with Crippen molar-refractivity contribution in [1.29, 1.82) is 0 Å². The molecule has 3 rings (SSSR count). The van der Waals surface area contributed by atoms with E-state index < -0.39 is 0 Å². The van der Waals surface area contributed by atoms with Crippen LogP contribution in [0.5, 0.6) is 0 Å². The SMILES string of the molecule is CC(=O)Nc1cc(C(=O)Nc2sccc2C(=O)N2CCCCC2)ccn1. The summed E-state index contributed by atoms with van der Waals surface area (Å²) in [5, 5.41) is 7.67.